The molecule has 0 atom stereocenters. The summed E-state index contributed by atoms with van der Waals surface area (Å²) in [6.07, 6.45) is 6.01. The molecule has 1 aliphatic rings. The van der Waals surface area contributed by atoms with Gasteiger partial charge in [-0.3, -0.25) is 4.79 Å². The topological polar surface area (TPSA) is 98.2 Å². The van der Waals surface area contributed by atoms with Crippen molar-refractivity contribution in [2.75, 3.05) is 0 Å². The van der Waals surface area contributed by atoms with Crippen LogP contribution in [-0.2, 0) is 10.0 Å². The summed E-state index contributed by atoms with van der Waals surface area (Å²) >= 11 is 0. The first kappa shape index (κ1) is 18.5. The summed E-state index contributed by atoms with van der Waals surface area (Å²) in [6.45, 7) is 1.41. The summed E-state index contributed by atoms with van der Waals surface area (Å²) in [5, 5.41) is 0. The Kier molecular flexibility index (Phi) is 5.63. The highest BCUT2D eigenvalue weighted by Gasteiger charge is 2.27. The minimum Gasteiger partial charge on any atom is -0.460 e. The summed E-state index contributed by atoms with van der Waals surface area (Å²) in [4.78, 5) is 19.7. The van der Waals surface area contributed by atoms with Gasteiger partial charge in [0, 0.05) is 24.0 Å². The molecular formula is C18H21N3O4S. The quantitative estimate of drug-likeness (QED) is 0.778. The molecule has 1 heterocycles. The summed E-state index contributed by atoms with van der Waals surface area (Å²) in [5.41, 5.74) is 0.382. The highest BCUT2D eigenvalue weighted by molar-refractivity contribution is 7.89. The van der Waals surface area contributed by atoms with E-state index in [1.54, 1.807) is 30.6 Å². The Bertz CT molecular complexity index is 863. The number of rotatable bonds is 6. The number of Topliss-reactive ketones (excluding diaryl/α,β-unsaturated/α-hetero) is 1. The van der Waals surface area contributed by atoms with Gasteiger partial charge in [-0.15, -0.1) is 0 Å². The predicted octanol–water partition coefficient (Wildman–Crippen LogP) is 2.35. The van der Waals surface area contributed by atoms with Crippen LogP contribution in [-0.4, -0.2) is 36.3 Å². The lowest BCUT2D eigenvalue weighted by Crippen LogP contribution is -2.39. The second-order valence-electron chi connectivity index (χ2n) is 6.33. The number of ether oxygens (including phenoxy) is 1. The van der Waals surface area contributed by atoms with Gasteiger partial charge in [0.2, 0.25) is 10.0 Å². The number of hydrogen-bond donors (Lipinski definition) is 1. The molecule has 1 aromatic carbocycles. The van der Waals surface area contributed by atoms with Crippen molar-refractivity contribution in [1.82, 2.24) is 14.7 Å². The molecule has 0 spiro atoms. The van der Waals surface area contributed by atoms with Gasteiger partial charge in [0.25, 0.3) is 0 Å². The lowest BCUT2D eigenvalue weighted by atomic mass is 9.94. The fourth-order valence-corrected chi connectivity index (χ4v) is 4.31. The van der Waals surface area contributed by atoms with Crippen LogP contribution in [0.15, 0.2) is 47.6 Å². The molecule has 0 bridgehead atoms. The number of hydrogen-bond acceptors (Lipinski definition) is 6. The zero-order valence-electron chi connectivity index (χ0n) is 14.5. The Hall–Kier alpha value is -2.32. The minimum absolute atomic E-state index is 0.0146. The van der Waals surface area contributed by atoms with Gasteiger partial charge in [0.15, 0.2) is 5.78 Å². The van der Waals surface area contributed by atoms with Gasteiger partial charge in [-0.05, 0) is 50.8 Å². The second-order valence-corrected chi connectivity index (χ2v) is 8.04. The first-order valence-corrected chi connectivity index (χ1v) is 9.99. The van der Waals surface area contributed by atoms with E-state index < -0.39 is 10.0 Å². The SMILES string of the molecule is CC(=O)c1cccc(S(=O)(=O)NC2CCC(Oc3ncccn3)CC2)c1. The Balaban J connectivity index is 1.58. The fraction of sp³-hybridized carbons (Fsp3) is 0.389. The molecule has 3 rings (SSSR count). The van der Waals surface area contributed by atoms with Crippen molar-refractivity contribution < 1.29 is 17.9 Å². The summed E-state index contributed by atoms with van der Waals surface area (Å²) in [5.74, 6) is -0.164. The summed E-state index contributed by atoms with van der Waals surface area (Å²) in [7, 11) is -3.66. The molecule has 1 N–H and O–H groups in total. The highest BCUT2D eigenvalue weighted by Crippen LogP contribution is 2.23. The van der Waals surface area contributed by atoms with E-state index in [1.165, 1.54) is 19.1 Å². The normalized spacial score (nSPS) is 20.5. The van der Waals surface area contributed by atoms with Crippen LogP contribution in [0.25, 0.3) is 0 Å². The van der Waals surface area contributed by atoms with E-state index in [0.717, 1.165) is 12.8 Å². The molecule has 0 unspecified atom stereocenters. The third-order valence-corrected chi connectivity index (χ3v) is 5.88. The standard InChI is InChI=1S/C18H21N3O4S/c1-13(22)14-4-2-5-17(12-14)26(23,24)21-15-6-8-16(9-7-15)25-18-19-10-3-11-20-18/h2-5,10-12,15-16,21H,6-9H2,1H3. The van der Waals surface area contributed by atoms with E-state index in [2.05, 4.69) is 14.7 Å². The van der Waals surface area contributed by atoms with E-state index >= 15 is 0 Å². The van der Waals surface area contributed by atoms with Crippen molar-refractivity contribution in [3.63, 3.8) is 0 Å². The van der Waals surface area contributed by atoms with Crippen molar-refractivity contribution in [2.45, 2.75) is 49.6 Å². The van der Waals surface area contributed by atoms with Gasteiger partial charge in [-0.25, -0.2) is 23.1 Å². The maximum absolute atomic E-state index is 12.6. The van der Waals surface area contributed by atoms with Crippen LogP contribution in [0.5, 0.6) is 6.01 Å². The van der Waals surface area contributed by atoms with Crippen LogP contribution in [0.3, 0.4) is 0 Å². The van der Waals surface area contributed by atoms with Crippen molar-refractivity contribution in [2.24, 2.45) is 0 Å². The smallest absolute Gasteiger partial charge is 0.316 e. The van der Waals surface area contributed by atoms with Gasteiger partial charge >= 0.3 is 6.01 Å². The lowest BCUT2D eigenvalue weighted by molar-refractivity contribution is 0.101. The largest absolute Gasteiger partial charge is 0.460 e. The van der Waals surface area contributed by atoms with E-state index in [0.29, 0.717) is 24.4 Å². The molecule has 26 heavy (non-hydrogen) atoms. The molecule has 1 aromatic heterocycles. The zero-order chi connectivity index (χ0) is 18.6. The maximum atomic E-state index is 12.6. The highest BCUT2D eigenvalue weighted by atomic mass is 32.2. The summed E-state index contributed by atoms with van der Waals surface area (Å²) in [6, 6.07) is 8.00. The average molecular weight is 375 g/mol. The molecular weight excluding hydrogens is 354 g/mol. The molecule has 0 radical (unpaired) electrons. The van der Waals surface area contributed by atoms with E-state index in [-0.39, 0.29) is 22.8 Å². The van der Waals surface area contributed by atoms with Gasteiger partial charge in [-0.2, -0.15) is 0 Å². The molecule has 8 heteroatoms. The number of nitrogens with zero attached hydrogens (tertiary/aromatic N) is 2. The molecule has 1 aliphatic carbocycles. The molecule has 138 valence electrons. The number of nitrogens with one attached hydrogen (secondary N) is 1. The van der Waals surface area contributed by atoms with Crippen LogP contribution in [0.2, 0.25) is 0 Å². The lowest BCUT2D eigenvalue weighted by Gasteiger charge is -2.28. The van der Waals surface area contributed by atoms with Crippen LogP contribution < -0.4 is 9.46 Å². The van der Waals surface area contributed by atoms with E-state index in [1.807, 2.05) is 0 Å². The van der Waals surface area contributed by atoms with Crippen LogP contribution >= 0.6 is 0 Å². The van der Waals surface area contributed by atoms with Crippen LogP contribution in [0.4, 0.5) is 0 Å². The molecule has 2 aromatic rings. The van der Waals surface area contributed by atoms with Crippen molar-refractivity contribution >= 4 is 15.8 Å². The zero-order valence-corrected chi connectivity index (χ0v) is 15.3. The molecule has 0 saturated heterocycles. The van der Waals surface area contributed by atoms with Gasteiger partial charge in [0.1, 0.15) is 6.10 Å². The first-order valence-electron chi connectivity index (χ1n) is 8.51. The predicted molar refractivity (Wildman–Crippen MR) is 95.5 cm³/mol. The third-order valence-electron chi connectivity index (χ3n) is 4.36. The number of ketones is 1. The van der Waals surface area contributed by atoms with Crippen molar-refractivity contribution in [1.29, 1.82) is 0 Å². The molecule has 1 fully saturated rings. The minimum atomic E-state index is -3.66. The maximum Gasteiger partial charge on any atom is 0.316 e. The number of benzene rings is 1. The third kappa shape index (κ3) is 4.64. The number of carbonyl (C=O) groups is 1. The van der Waals surface area contributed by atoms with Crippen molar-refractivity contribution in [3.8, 4) is 6.01 Å². The Morgan fingerprint density at radius 1 is 1.12 bits per heavy atom. The molecule has 0 amide bonds. The first-order chi connectivity index (χ1) is 12.4. The fourth-order valence-electron chi connectivity index (χ4n) is 2.96. The van der Waals surface area contributed by atoms with Crippen LogP contribution in [0.1, 0.15) is 43.0 Å². The van der Waals surface area contributed by atoms with Crippen molar-refractivity contribution in [3.05, 3.63) is 48.3 Å². The Morgan fingerprint density at radius 3 is 2.46 bits per heavy atom. The van der Waals surface area contributed by atoms with E-state index in [4.69, 9.17) is 4.74 Å². The Labute approximate surface area is 152 Å². The van der Waals surface area contributed by atoms with Gasteiger partial charge in [0.05, 0.1) is 4.90 Å². The van der Waals surface area contributed by atoms with Crippen LogP contribution in [0, 0.1) is 0 Å². The number of aromatic nitrogens is 2. The molecule has 1 saturated carbocycles. The molecule has 7 nitrogen and oxygen atoms in total. The van der Waals surface area contributed by atoms with Gasteiger partial charge < -0.3 is 4.74 Å². The van der Waals surface area contributed by atoms with Gasteiger partial charge in [-0.1, -0.05) is 12.1 Å². The average Bonchev–Trinajstić information content (AvgIpc) is 2.64. The molecule has 0 aliphatic heterocycles. The Morgan fingerprint density at radius 2 is 1.81 bits per heavy atom. The monoisotopic (exact) mass is 375 g/mol. The summed E-state index contributed by atoms with van der Waals surface area (Å²) < 4.78 is 33.6. The van der Waals surface area contributed by atoms with E-state index in [9.17, 15) is 13.2 Å². The number of sulfonamides is 1. The number of carbonyl (C=O) groups excluding carboxylic acids is 1. The second kappa shape index (κ2) is 7.92.